The highest BCUT2D eigenvalue weighted by Crippen LogP contribution is 2.35. The van der Waals surface area contributed by atoms with E-state index in [1.54, 1.807) is 23.1 Å². The molecule has 3 nitrogen and oxygen atoms in total. The van der Waals surface area contributed by atoms with Gasteiger partial charge in [0, 0.05) is 22.9 Å². The average Bonchev–Trinajstić information content (AvgIpc) is 3.16. The molecule has 0 aliphatic carbocycles. The van der Waals surface area contributed by atoms with Crippen molar-refractivity contribution < 1.29 is 0 Å². The Balaban J connectivity index is 2.10. The molecule has 0 unspecified atom stereocenters. The minimum atomic E-state index is 0.622. The van der Waals surface area contributed by atoms with Gasteiger partial charge in [-0.05, 0) is 49.3 Å². The van der Waals surface area contributed by atoms with Gasteiger partial charge in [-0.3, -0.25) is 0 Å². The van der Waals surface area contributed by atoms with Crippen molar-refractivity contribution >= 4 is 34.7 Å². The van der Waals surface area contributed by atoms with E-state index in [0.717, 1.165) is 39.0 Å². The van der Waals surface area contributed by atoms with E-state index < -0.39 is 0 Å². The number of pyridine rings is 1. The Morgan fingerprint density at radius 1 is 1.23 bits per heavy atom. The molecule has 0 spiro atoms. The van der Waals surface area contributed by atoms with Gasteiger partial charge in [0.05, 0.1) is 16.1 Å². The summed E-state index contributed by atoms with van der Waals surface area (Å²) < 4.78 is 0. The Kier molecular flexibility index (Phi) is 6.33. The van der Waals surface area contributed by atoms with Crippen LogP contribution in [-0.2, 0) is 0 Å². The number of nitrogens with zero attached hydrogens (tertiary/aromatic N) is 3. The highest BCUT2D eigenvalue weighted by molar-refractivity contribution is 7.99. The van der Waals surface area contributed by atoms with Gasteiger partial charge in [-0.15, -0.1) is 23.1 Å². The van der Waals surface area contributed by atoms with Crippen LogP contribution < -0.4 is 0 Å². The van der Waals surface area contributed by atoms with Gasteiger partial charge < -0.3 is 4.90 Å². The van der Waals surface area contributed by atoms with Crippen LogP contribution in [0.2, 0.25) is 5.02 Å². The van der Waals surface area contributed by atoms with E-state index in [4.69, 9.17) is 16.6 Å². The maximum absolute atomic E-state index is 9.81. The Hall–Kier alpha value is -1.84. The molecule has 132 valence electrons. The maximum Gasteiger partial charge on any atom is 0.115 e. The summed E-state index contributed by atoms with van der Waals surface area (Å²) in [5, 5.41) is 13.3. The predicted octanol–water partition coefficient (Wildman–Crippen LogP) is 5.66. The second-order valence-corrected chi connectivity index (χ2v) is 8.45. The SMILES string of the molecule is CN(C)CCSc1nc(-c2cccs2)cc(-c2ccc(Cl)cc2)c1C#N. The second kappa shape index (κ2) is 8.70. The summed E-state index contributed by atoms with van der Waals surface area (Å²) in [5.41, 5.74) is 3.39. The number of nitriles is 1. The molecule has 0 amide bonds. The van der Waals surface area contributed by atoms with Crippen LogP contribution in [0.5, 0.6) is 0 Å². The molecule has 3 aromatic rings. The minimum Gasteiger partial charge on any atom is -0.309 e. The quantitative estimate of drug-likeness (QED) is 0.501. The molecular formula is C20H18ClN3S2. The fourth-order valence-electron chi connectivity index (χ4n) is 2.47. The summed E-state index contributed by atoms with van der Waals surface area (Å²) >= 11 is 9.31. The zero-order valence-corrected chi connectivity index (χ0v) is 17.0. The number of halogens is 1. The van der Waals surface area contributed by atoms with Crippen molar-refractivity contribution in [2.24, 2.45) is 0 Å². The number of aromatic nitrogens is 1. The molecule has 0 atom stereocenters. The highest BCUT2D eigenvalue weighted by atomic mass is 35.5. The Bertz CT molecular complexity index is 913. The molecule has 0 aliphatic heterocycles. The van der Waals surface area contributed by atoms with Crippen molar-refractivity contribution in [3.63, 3.8) is 0 Å². The van der Waals surface area contributed by atoms with E-state index in [0.29, 0.717) is 10.6 Å². The van der Waals surface area contributed by atoms with Crippen molar-refractivity contribution in [1.82, 2.24) is 9.88 Å². The number of thiophene rings is 1. The minimum absolute atomic E-state index is 0.622. The van der Waals surface area contributed by atoms with Gasteiger partial charge in [0.1, 0.15) is 11.1 Å². The molecule has 26 heavy (non-hydrogen) atoms. The molecule has 1 aromatic carbocycles. The van der Waals surface area contributed by atoms with Crippen molar-refractivity contribution in [3.8, 4) is 27.8 Å². The van der Waals surface area contributed by atoms with E-state index >= 15 is 0 Å². The third-order valence-electron chi connectivity index (χ3n) is 3.80. The third-order valence-corrected chi connectivity index (χ3v) is 5.90. The zero-order chi connectivity index (χ0) is 18.5. The number of thioether (sulfide) groups is 1. The van der Waals surface area contributed by atoms with Crippen LogP contribution in [0.4, 0.5) is 0 Å². The van der Waals surface area contributed by atoms with Crippen LogP contribution in [0.25, 0.3) is 21.7 Å². The average molecular weight is 400 g/mol. The van der Waals surface area contributed by atoms with Crippen LogP contribution in [0.3, 0.4) is 0 Å². The van der Waals surface area contributed by atoms with Crippen molar-refractivity contribution in [1.29, 1.82) is 5.26 Å². The molecule has 3 rings (SSSR count). The third kappa shape index (κ3) is 4.46. The summed E-state index contributed by atoms with van der Waals surface area (Å²) in [5.74, 6) is 0.878. The smallest absolute Gasteiger partial charge is 0.115 e. The van der Waals surface area contributed by atoms with Crippen LogP contribution in [0.15, 0.2) is 52.9 Å². The number of hydrogen-bond acceptors (Lipinski definition) is 5. The van der Waals surface area contributed by atoms with Gasteiger partial charge in [0.2, 0.25) is 0 Å². The molecule has 0 aliphatic rings. The number of benzene rings is 1. The standard InChI is InChI=1S/C20H18ClN3S2/c1-24(2)9-11-26-20-17(13-22)16(14-5-7-15(21)8-6-14)12-18(23-20)19-4-3-10-25-19/h3-8,10,12H,9,11H2,1-2H3. The first-order chi connectivity index (χ1) is 12.6. The number of rotatable bonds is 6. The molecule has 0 saturated heterocycles. The van der Waals surface area contributed by atoms with Gasteiger partial charge in [0.25, 0.3) is 0 Å². The molecule has 6 heteroatoms. The molecule has 0 bridgehead atoms. The first kappa shape index (κ1) is 18.9. The fourth-order valence-corrected chi connectivity index (χ4v) is 4.39. The van der Waals surface area contributed by atoms with E-state index in [9.17, 15) is 5.26 Å². The molecule has 2 aromatic heterocycles. The monoisotopic (exact) mass is 399 g/mol. The Morgan fingerprint density at radius 3 is 2.62 bits per heavy atom. The van der Waals surface area contributed by atoms with Crippen molar-refractivity contribution in [3.05, 3.63) is 58.4 Å². The van der Waals surface area contributed by atoms with Crippen molar-refractivity contribution in [2.45, 2.75) is 5.03 Å². The first-order valence-electron chi connectivity index (χ1n) is 8.11. The van der Waals surface area contributed by atoms with E-state index in [1.807, 2.05) is 55.9 Å². The first-order valence-corrected chi connectivity index (χ1v) is 10.4. The number of hydrogen-bond donors (Lipinski definition) is 0. The largest absolute Gasteiger partial charge is 0.309 e. The molecular weight excluding hydrogens is 382 g/mol. The van der Waals surface area contributed by atoms with Gasteiger partial charge >= 0.3 is 0 Å². The molecule has 0 saturated carbocycles. The molecule has 2 heterocycles. The van der Waals surface area contributed by atoms with E-state index in [2.05, 4.69) is 17.0 Å². The molecule has 0 N–H and O–H groups in total. The summed E-state index contributed by atoms with van der Waals surface area (Å²) in [6, 6.07) is 16.0. The van der Waals surface area contributed by atoms with Crippen LogP contribution >= 0.6 is 34.7 Å². The van der Waals surface area contributed by atoms with Gasteiger partial charge in [-0.25, -0.2) is 4.98 Å². The van der Waals surface area contributed by atoms with Crippen LogP contribution in [-0.4, -0.2) is 36.3 Å². The van der Waals surface area contributed by atoms with E-state index in [1.165, 1.54) is 0 Å². The second-order valence-electron chi connectivity index (χ2n) is 5.98. The summed E-state index contributed by atoms with van der Waals surface area (Å²) in [6.07, 6.45) is 0. The summed E-state index contributed by atoms with van der Waals surface area (Å²) in [6.45, 7) is 0.927. The zero-order valence-electron chi connectivity index (χ0n) is 14.6. The van der Waals surface area contributed by atoms with E-state index in [-0.39, 0.29) is 0 Å². The highest BCUT2D eigenvalue weighted by Gasteiger charge is 2.16. The fraction of sp³-hybridized carbons (Fsp3) is 0.200. The lowest BCUT2D eigenvalue weighted by molar-refractivity contribution is 0.437. The Morgan fingerprint density at radius 2 is 2.00 bits per heavy atom. The lowest BCUT2D eigenvalue weighted by Gasteiger charge is -2.13. The predicted molar refractivity (Wildman–Crippen MR) is 112 cm³/mol. The lowest BCUT2D eigenvalue weighted by Crippen LogP contribution is -2.15. The molecule has 0 fully saturated rings. The summed E-state index contributed by atoms with van der Waals surface area (Å²) in [4.78, 5) is 8.02. The normalized spacial score (nSPS) is 10.9. The molecule has 0 radical (unpaired) electrons. The van der Waals surface area contributed by atoms with Gasteiger partial charge in [-0.1, -0.05) is 29.8 Å². The van der Waals surface area contributed by atoms with Gasteiger partial charge in [0.15, 0.2) is 0 Å². The lowest BCUT2D eigenvalue weighted by atomic mass is 10.0. The van der Waals surface area contributed by atoms with Gasteiger partial charge in [-0.2, -0.15) is 5.26 Å². The maximum atomic E-state index is 9.81. The Labute approximate surface area is 167 Å². The van der Waals surface area contributed by atoms with Crippen LogP contribution in [0.1, 0.15) is 5.56 Å². The van der Waals surface area contributed by atoms with Crippen LogP contribution in [0, 0.1) is 11.3 Å². The summed E-state index contributed by atoms with van der Waals surface area (Å²) in [7, 11) is 4.08. The topological polar surface area (TPSA) is 39.9 Å². The van der Waals surface area contributed by atoms with Crippen molar-refractivity contribution in [2.75, 3.05) is 26.4 Å².